The van der Waals surface area contributed by atoms with Crippen molar-refractivity contribution in [1.29, 1.82) is 0 Å². The predicted molar refractivity (Wildman–Crippen MR) is 90.5 cm³/mol. The van der Waals surface area contributed by atoms with Crippen molar-refractivity contribution in [3.05, 3.63) is 59.7 Å². The summed E-state index contributed by atoms with van der Waals surface area (Å²) in [6.07, 6.45) is 0.720. The van der Waals surface area contributed by atoms with Gasteiger partial charge in [-0.1, -0.05) is 30.3 Å². The zero-order valence-corrected chi connectivity index (χ0v) is 13.9. The lowest BCUT2D eigenvalue weighted by Crippen LogP contribution is -2.34. The van der Waals surface area contributed by atoms with Gasteiger partial charge in [-0.05, 0) is 35.7 Å². The Kier molecular flexibility index (Phi) is 4.56. The number of anilines is 1. The molecule has 0 aromatic heterocycles. The van der Waals surface area contributed by atoms with Gasteiger partial charge < -0.3 is 10.4 Å². The fourth-order valence-electron chi connectivity index (χ4n) is 2.66. The van der Waals surface area contributed by atoms with E-state index in [-0.39, 0.29) is 17.2 Å². The summed E-state index contributed by atoms with van der Waals surface area (Å²) >= 11 is 0. The van der Waals surface area contributed by atoms with Gasteiger partial charge in [-0.15, -0.1) is 0 Å². The predicted octanol–water partition coefficient (Wildman–Crippen LogP) is 1.68. The van der Waals surface area contributed by atoms with E-state index in [1.54, 1.807) is 30.3 Å². The largest absolute Gasteiger partial charge is 0.480 e. The third kappa shape index (κ3) is 3.70. The first-order chi connectivity index (χ1) is 11.9. The molecule has 0 aliphatic carbocycles. The molecule has 2 aromatic carbocycles. The zero-order valence-electron chi connectivity index (χ0n) is 13.1. The van der Waals surface area contributed by atoms with Crippen LogP contribution in [0.2, 0.25) is 0 Å². The highest BCUT2D eigenvalue weighted by atomic mass is 32.2. The number of carboxylic acids is 1. The number of fused-ring (bicyclic) bond motifs is 1. The van der Waals surface area contributed by atoms with Gasteiger partial charge in [0.15, 0.2) is 0 Å². The highest BCUT2D eigenvalue weighted by Crippen LogP contribution is 2.26. The van der Waals surface area contributed by atoms with Gasteiger partial charge in [-0.25, -0.2) is 8.42 Å². The third-order valence-electron chi connectivity index (χ3n) is 3.94. The molecule has 0 saturated carbocycles. The zero-order chi connectivity index (χ0) is 18.0. The molecular formula is C17H16N2O5S. The molecule has 25 heavy (non-hydrogen) atoms. The van der Waals surface area contributed by atoms with E-state index < -0.39 is 22.0 Å². The van der Waals surface area contributed by atoms with Gasteiger partial charge in [-0.2, -0.15) is 4.72 Å². The Labute approximate surface area is 144 Å². The summed E-state index contributed by atoms with van der Waals surface area (Å²) in [4.78, 5) is 22.8. The first-order valence-electron chi connectivity index (χ1n) is 7.60. The van der Waals surface area contributed by atoms with E-state index in [2.05, 4.69) is 10.0 Å². The van der Waals surface area contributed by atoms with Crippen LogP contribution in [0, 0.1) is 0 Å². The molecule has 3 rings (SSSR count). The van der Waals surface area contributed by atoms with Crippen molar-refractivity contribution >= 4 is 27.6 Å². The number of hydrogen-bond acceptors (Lipinski definition) is 4. The molecule has 1 aliphatic heterocycles. The molecule has 7 nitrogen and oxygen atoms in total. The Morgan fingerprint density at radius 3 is 2.52 bits per heavy atom. The maximum atomic E-state index is 12.6. The van der Waals surface area contributed by atoms with E-state index in [0.717, 1.165) is 0 Å². The summed E-state index contributed by atoms with van der Waals surface area (Å²) in [6.45, 7) is 0. The summed E-state index contributed by atoms with van der Waals surface area (Å²) in [6, 6.07) is 11.0. The minimum atomic E-state index is -4.04. The molecular weight excluding hydrogens is 344 g/mol. The summed E-state index contributed by atoms with van der Waals surface area (Å²) < 4.78 is 27.4. The molecule has 1 aliphatic rings. The Morgan fingerprint density at radius 1 is 1.12 bits per heavy atom. The van der Waals surface area contributed by atoms with Gasteiger partial charge >= 0.3 is 5.97 Å². The second-order valence-electron chi connectivity index (χ2n) is 5.67. The Bertz CT molecular complexity index is 925. The number of carbonyl (C=O) groups is 2. The van der Waals surface area contributed by atoms with E-state index in [1.165, 1.54) is 18.2 Å². The molecule has 0 fully saturated rings. The van der Waals surface area contributed by atoms with Crippen LogP contribution in [-0.2, 0) is 26.0 Å². The van der Waals surface area contributed by atoms with Crippen molar-refractivity contribution < 1.29 is 23.1 Å². The van der Waals surface area contributed by atoms with Crippen LogP contribution in [0.3, 0.4) is 0 Å². The molecule has 0 spiro atoms. The topological polar surface area (TPSA) is 113 Å². The third-order valence-corrected chi connectivity index (χ3v) is 5.36. The molecule has 0 bridgehead atoms. The second kappa shape index (κ2) is 6.66. The smallest absolute Gasteiger partial charge is 0.326 e. The fraction of sp³-hybridized carbons (Fsp3) is 0.176. The number of benzene rings is 2. The summed E-state index contributed by atoms with van der Waals surface area (Å²) in [5.41, 5.74) is 1.62. The van der Waals surface area contributed by atoms with Gasteiger partial charge in [0.25, 0.3) is 0 Å². The summed E-state index contributed by atoms with van der Waals surface area (Å²) in [7, 11) is -4.04. The van der Waals surface area contributed by atoms with Crippen molar-refractivity contribution in [2.45, 2.75) is 23.8 Å². The molecule has 1 heterocycles. The molecule has 0 saturated heterocycles. The molecule has 1 amide bonds. The normalized spacial score (nSPS) is 15.1. The quantitative estimate of drug-likeness (QED) is 0.751. The standard InChI is InChI=1S/C17H16N2O5S/c20-15-9-6-12-10-13(7-8-14(12)18-15)25(23,24)19-16(17(21)22)11-4-2-1-3-5-11/h1-5,7-8,10,16,19H,6,9H2,(H,18,20)(H,21,22)/t16-/m1/s1. The van der Waals surface area contributed by atoms with E-state index in [4.69, 9.17) is 0 Å². The van der Waals surface area contributed by atoms with E-state index in [9.17, 15) is 23.1 Å². The van der Waals surface area contributed by atoms with Crippen LogP contribution in [0.15, 0.2) is 53.4 Å². The van der Waals surface area contributed by atoms with Crippen molar-refractivity contribution in [2.24, 2.45) is 0 Å². The van der Waals surface area contributed by atoms with Crippen molar-refractivity contribution in [2.75, 3.05) is 5.32 Å². The number of nitrogens with one attached hydrogen (secondary N) is 2. The first kappa shape index (κ1) is 17.1. The van der Waals surface area contributed by atoms with Crippen molar-refractivity contribution in [1.82, 2.24) is 4.72 Å². The van der Waals surface area contributed by atoms with Gasteiger partial charge in [0.2, 0.25) is 15.9 Å². The van der Waals surface area contributed by atoms with Gasteiger partial charge in [0.1, 0.15) is 6.04 Å². The van der Waals surface area contributed by atoms with Gasteiger partial charge in [0.05, 0.1) is 4.90 Å². The van der Waals surface area contributed by atoms with E-state index in [1.807, 2.05) is 0 Å². The number of rotatable bonds is 5. The average molecular weight is 360 g/mol. The van der Waals surface area contributed by atoms with Crippen LogP contribution in [0.4, 0.5) is 5.69 Å². The molecule has 0 radical (unpaired) electrons. The molecule has 3 N–H and O–H groups in total. The van der Waals surface area contributed by atoms with Crippen molar-refractivity contribution in [3.63, 3.8) is 0 Å². The van der Waals surface area contributed by atoms with Crippen LogP contribution in [0.25, 0.3) is 0 Å². The van der Waals surface area contributed by atoms with E-state index in [0.29, 0.717) is 23.2 Å². The lowest BCUT2D eigenvalue weighted by atomic mass is 10.0. The number of amides is 1. The number of hydrogen-bond donors (Lipinski definition) is 3. The molecule has 0 unspecified atom stereocenters. The highest BCUT2D eigenvalue weighted by molar-refractivity contribution is 7.89. The lowest BCUT2D eigenvalue weighted by Gasteiger charge is -2.19. The maximum absolute atomic E-state index is 12.6. The minimum Gasteiger partial charge on any atom is -0.480 e. The minimum absolute atomic E-state index is 0.0374. The van der Waals surface area contributed by atoms with Gasteiger partial charge in [-0.3, -0.25) is 9.59 Å². The average Bonchev–Trinajstić information content (AvgIpc) is 2.59. The second-order valence-corrected chi connectivity index (χ2v) is 7.38. The molecule has 8 heteroatoms. The number of carboxylic acid groups (broad SMARTS) is 1. The number of carbonyl (C=O) groups excluding carboxylic acids is 1. The Hall–Kier alpha value is -2.71. The van der Waals surface area contributed by atoms with Crippen LogP contribution in [0.1, 0.15) is 23.6 Å². The molecule has 1 atom stereocenters. The Balaban J connectivity index is 1.91. The van der Waals surface area contributed by atoms with Crippen molar-refractivity contribution in [3.8, 4) is 0 Å². The fourth-order valence-corrected chi connectivity index (χ4v) is 3.88. The van der Waals surface area contributed by atoms with Crippen LogP contribution in [0.5, 0.6) is 0 Å². The maximum Gasteiger partial charge on any atom is 0.326 e. The number of sulfonamides is 1. The molecule has 130 valence electrons. The Morgan fingerprint density at radius 2 is 1.84 bits per heavy atom. The van der Waals surface area contributed by atoms with Gasteiger partial charge in [0, 0.05) is 12.1 Å². The number of aryl methyl sites for hydroxylation is 1. The summed E-state index contributed by atoms with van der Waals surface area (Å²) in [5, 5.41) is 12.1. The lowest BCUT2D eigenvalue weighted by molar-refractivity contribution is -0.139. The molecule has 2 aromatic rings. The number of aliphatic carboxylic acids is 1. The van der Waals surface area contributed by atoms with Crippen LogP contribution in [-0.4, -0.2) is 25.4 Å². The SMILES string of the molecule is O=C1CCc2cc(S(=O)(=O)N[C@@H](C(=O)O)c3ccccc3)ccc2N1. The highest BCUT2D eigenvalue weighted by Gasteiger charge is 2.27. The monoisotopic (exact) mass is 360 g/mol. The first-order valence-corrected chi connectivity index (χ1v) is 9.08. The van der Waals surface area contributed by atoms with Crippen LogP contribution < -0.4 is 10.0 Å². The van der Waals surface area contributed by atoms with E-state index >= 15 is 0 Å². The van der Waals surface area contributed by atoms with Crippen LogP contribution >= 0.6 is 0 Å². The summed E-state index contributed by atoms with van der Waals surface area (Å²) in [5.74, 6) is -1.41.